The van der Waals surface area contributed by atoms with Crippen LogP contribution < -0.4 is 25.5 Å². The van der Waals surface area contributed by atoms with Gasteiger partial charge in [-0.3, -0.25) is 0 Å². The lowest BCUT2D eigenvalue weighted by molar-refractivity contribution is 0.332. The van der Waals surface area contributed by atoms with Crippen molar-refractivity contribution in [3.63, 3.8) is 0 Å². The summed E-state index contributed by atoms with van der Waals surface area (Å²) >= 11 is 2.09. The molecule has 4 heteroatoms. The first-order chi connectivity index (χ1) is 35.8. The van der Waals surface area contributed by atoms with Gasteiger partial charge in [0.15, 0.2) is 0 Å². The molecule has 13 rings (SSSR count). The lowest BCUT2D eigenvalue weighted by atomic mass is 9.35. The van der Waals surface area contributed by atoms with Gasteiger partial charge in [-0.25, -0.2) is 0 Å². The molecule has 0 radical (unpaired) electrons. The van der Waals surface area contributed by atoms with Crippen LogP contribution in [0.15, 0.2) is 115 Å². The Bertz CT molecular complexity index is 3760. The van der Waals surface area contributed by atoms with Gasteiger partial charge >= 0.3 is 0 Å². The molecule has 7 aromatic carbocycles. The predicted octanol–water partition coefficient (Wildman–Crippen LogP) is 18.9. The van der Waals surface area contributed by atoms with Crippen molar-refractivity contribution in [2.24, 2.45) is 5.92 Å². The lowest BCUT2D eigenvalue weighted by Gasteiger charge is -2.47. The largest absolute Gasteiger partial charge is 0.311 e. The van der Waals surface area contributed by atoms with Gasteiger partial charge in [0.05, 0.1) is 11.4 Å². The number of anilines is 6. The minimum Gasteiger partial charge on any atom is -0.311 e. The third kappa shape index (κ3) is 7.37. The summed E-state index contributed by atoms with van der Waals surface area (Å²) in [6.45, 7) is 39.5. The number of benzene rings is 7. The van der Waals surface area contributed by atoms with Gasteiger partial charge < -0.3 is 9.80 Å². The highest BCUT2D eigenvalue weighted by Gasteiger charge is 2.49. The summed E-state index contributed by atoms with van der Waals surface area (Å²) in [6.07, 6.45) is 7.12. The maximum atomic E-state index is 2.78. The van der Waals surface area contributed by atoms with Crippen LogP contribution in [0.5, 0.6) is 0 Å². The van der Waals surface area contributed by atoms with Crippen molar-refractivity contribution < 1.29 is 0 Å². The zero-order chi connectivity index (χ0) is 53.6. The number of fused-ring (bicyclic) bond motifs is 10. The normalized spacial score (nSPS) is 20.1. The van der Waals surface area contributed by atoms with Gasteiger partial charge in [0.2, 0.25) is 0 Å². The van der Waals surface area contributed by atoms with Gasteiger partial charge in [-0.15, -0.1) is 11.3 Å². The standard InChI is InChI=1S/C72H81BN2S/c1-42(2)44(4)46-23-26-59(50(36-46)48-22-21-45-19-17-18-20-47(45)35-48)75-62-34-43(3)33-61-64(62)73(66-65(75)51-38-54-57(41-63(51)76-66)72(15,16)32-29-69(54,9)10)58-39-55-56(71(13,14)31-30-70(55,11)12)40-60(58)74(61)49-24-25-52-53(37-49)68(7,8)28-27-67(52,5)6/h17-26,33-42,44H,27-32H2,1-16H3. The van der Waals surface area contributed by atoms with Crippen molar-refractivity contribution in [3.05, 3.63) is 160 Å². The van der Waals surface area contributed by atoms with Crippen molar-refractivity contribution in [1.29, 1.82) is 0 Å². The fourth-order valence-corrected chi connectivity index (χ4v) is 16.3. The Balaban J connectivity index is 1.17. The zero-order valence-electron chi connectivity index (χ0n) is 48.7. The van der Waals surface area contributed by atoms with Gasteiger partial charge in [-0.1, -0.05) is 158 Å². The Morgan fingerprint density at radius 3 is 1.66 bits per heavy atom. The molecule has 3 aliphatic carbocycles. The molecule has 5 aliphatic rings. The summed E-state index contributed by atoms with van der Waals surface area (Å²) in [6, 6.07) is 47.1. The smallest absolute Gasteiger partial charge is 0.264 e. The van der Waals surface area contributed by atoms with Crippen molar-refractivity contribution in [1.82, 2.24) is 0 Å². The maximum absolute atomic E-state index is 2.78. The first kappa shape index (κ1) is 50.0. The second-order valence-corrected chi connectivity index (χ2v) is 30.0. The molecule has 1 aromatic heterocycles. The fraction of sp³-hybridized carbons (Fsp3) is 0.417. The topological polar surface area (TPSA) is 6.48 Å². The molecule has 3 heterocycles. The van der Waals surface area contributed by atoms with Crippen LogP contribution in [0.4, 0.5) is 34.1 Å². The number of hydrogen-bond donors (Lipinski definition) is 0. The van der Waals surface area contributed by atoms with E-state index in [1.165, 1.54) is 165 Å². The lowest BCUT2D eigenvalue weighted by Crippen LogP contribution is -2.61. The highest BCUT2D eigenvalue weighted by molar-refractivity contribution is 7.33. The number of hydrogen-bond acceptors (Lipinski definition) is 3. The predicted molar refractivity (Wildman–Crippen MR) is 333 cm³/mol. The maximum Gasteiger partial charge on any atom is 0.264 e. The summed E-state index contributed by atoms with van der Waals surface area (Å²) in [5, 5.41) is 3.94. The summed E-state index contributed by atoms with van der Waals surface area (Å²) in [4.78, 5) is 5.52. The SMILES string of the molecule is Cc1cc2c3c(c1)N(c1ccc(C(C)C(C)C)cc1-c1ccc4ccccc4c1)c1c(sc4cc5c(cc14)C(C)(C)CCC5(C)C)B3c1cc3c(cc1N2c1ccc2c(c1)C(C)(C)CCC2(C)C)C(C)(C)CCC3(C)C. The molecule has 0 N–H and O–H groups in total. The Morgan fingerprint density at radius 2 is 1.03 bits per heavy atom. The minimum atomic E-state index is 0.0436. The van der Waals surface area contributed by atoms with E-state index in [9.17, 15) is 0 Å². The van der Waals surface area contributed by atoms with E-state index in [0.717, 1.165) is 0 Å². The van der Waals surface area contributed by atoms with Crippen molar-refractivity contribution >= 4 is 88.7 Å². The zero-order valence-corrected chi connectivity index (χ0v) is 49.6. The molecule has 2 aliphatic heterocycles. The third-order valence-corrected chi connectivity index (χ3v) is 21.9. The molecular formula is C72H81BN2S. The van der Waals surface area contributed by atoms with Gasteiger partial charge in [-0.05, 0) is 222 Å². The second-order valence-electron chi connectivity index (χ2n) is 28.9. The highest BCUT2D eigenvalue weighted by atomic mass is 32.1. The van der Waals surface area contributed by atoms with Crippen LogP contribution in [0.3, 0.4) is 0 Å². The van der Waals surface area contributed by atoms with Gasteiger partial charge in [0, 0.05) is 43.2 Å². The molecule has 0 bridgehead atoms. The van der Waals surface area contributed by atoms with Crippen LogP contribution in [0.1, 0.15) is 193 Å². The number of nitrogens with zero attached hydrogens (tertiary/aromatic N) is 2. The van der Waals surface area contributed by atoms with Crippen molar-refractivity contribution in [2.45, 2.75) is 188 Å². The second kappa shape index (κ2) is 16.5. The van der Waals surface area contributed by atoms with E-state index in [0.29, 0.717) is 11.8 Å². The Hall–Kier alpha value is -5.58. The van der Waals surface area contributed by atoms with Crippen LogP contribution in [0.2, 0.25) is 0 Å². The average molecular weight is 1020 g/mol. The summed E-state index contributed by atoms with van der Waals surface area (Å²) in [7, 11) is 0. The monoisotopic (exact) mass is 1020 g/mol. The summed E-state index contributed by atoms with van der Waals surface area (Å²) < 4.78 is 2.88. The van der Waals surface area contributed by atoms with E-state index in [1.807, 2.05) is 0 Å². The molecule has 0 amide bonds. The van der Waals surface area contributed by atoms with Gasteiger partial charge in [-0.2, -0.15) is 0 Å². The van der Waals surface area contributed by atoms with Crippen LogP contribution in [0.25, 0.3) is 32.0 Å². The molecule has 1 atom stereocenters. The van der Waals surface area contributed by atoms with Crippen LogP contribution in [-0.2, 0) is 32.5 Å². The molecule has 0 spiro atoms. The van der Waals surface area contributed by atoms with E-state index in [1.54, 1.807) is 0 Å². The van der Waals surface area contributed by atoms with E-state index in [2.05, 4.69) is 247 Å². The molecule has 8 aromatic rings. The molecule has 1 unspecified atom stereocenters. The van der Waals surface area contributed by atoms with Crippen LogP contribution in [-0.4, -0.2) is 6.71 Å². The van der Waals surface area contributed by atoms with E-state index >= 15 is 0 Å². The van der Waals surface area contributed by atoms with Crippen LogP contribution in [0, 0.1) is 12.8 Å². The molecule has 0 fully saturated rings. The van der Waals surface area contributed by atoms with E-state index in [4.69, 9.17) is 0 Å². The third-order valence-electron chi connectivity index (χ3n) is 20.7. The molecular weight excluding hydrogens is 936 g/mol. The van der Waals surface area contributed by atoms with E-state index in [-0.39, 0.29) is 39.2 Å². The number of aryl methyl sites for hydroxylation is 1. The quantitative estimate of drug-likeness (QED) is 0.159. The summed E-state index contributed by atoms with van der Waals surface area (Å²) in [5.41, 5.74) is 25.6. The molecule has 76 heavy (non-hydrogen) atoms. The number of thiophene rings is 1. The molecule has 0 saturated heterocycles. The Morgan fingerprint density at radius 1 is 0.474 bits per heavy atom. The summed E-state index contributed by atoms with van der Waals surface area (Å²) in [5.74, 6) is 0.909. The van der Waals surface area contributed by atoms with Gasteiger partial charge in [0.25, 0.3) is 6.71 Å². The van der Waals surface area contributed by atoms with Gasteiger partial charge in [0.1, 0.15) is 0 Å². The minimum absolute atomic E-state index is 0.0436. The fourth-order valence-electron chi connectivity index (χ4n) is 15.0. The van der Waals surface area contributed by atoms with Crippen molar-refractivity contribution in [3.8, 4) is 11.1 Å². The first-order valence-corrected chi connectivity index (χ1v) is 29.9. The molecule has 0 saturated carbocycles. The number of rotatable bonds is 5. The Kier molecular flexibility index (Phi) is 10.8. The van der Waals surface area contributed by atoms with Crippen LogP contribution >= 0.6 is 11.3 Å². The van der Waals surface area contributed by atoms with Crippen molar-refractivity contribution in [2.75, 3.05) is 9.80 Å². The first-order valence-electron chi connectivity index (χ1n) is 29.1. The average Bonchev–Trinajstić information content (AvgIpc) is 3.82. The highest BCUT2D eigenvalue weighted by Crippen LogP contribution is 2.56. The van der Waals surface area contributed by atoms with E-state index < -0.39 is 0 Å². The Labute approximate surface area is 460 Å². The molecule has 2 nitrogen and oxygen atoms in total. The molecule has 388 valence electrons.